The molecule has 0 spiro atoms. The molecule has 1 fully saturated rings. The van der Waals surface area contributed by atoms with Crippen LogP contribution in [0, 0.1) is 10.1 Å². The average molecular weight is 335 g/mol. The van der Waals surface area contributed by atoms with E-state index in [9.17, 15) is 29.6 Å². The summed E-state index contributed by atoms with van der Waals surface area (Å²) in [7, 11) is 3.51. The summed E-state index contributed by atoms with van der Waals surface area (Å²) in [6.45, 7) is 0. The van der Waals surface area contributed by atoms with Gasteiger partial charge in [-0.15, -0.1) is 0 Å². The fraction of sp³-hybridized carbons (Fsp3) is 0.214. The summed E-state index contributed by atoms with van der Waals surface area (Å²) in [5.41, 5.74) is -1.15. The number of barbiturate groups is 1. The number of methoxy groups -OCH3 is 1. The summed E-state index contributed by atoms with van der Waals surface area (Å²) in [6, 6.07) is 1.49. The van der Waals surface area contributed by atoms with Gasteiger partial charge in [-0.25, -0.2) is 4.79 Å². The molecule has 10 heteroatoms. The van der Waals surface area contributed by atoms with Crippen LogP contribution in [0.15, 0.2) is 17.7 Å². The Bertz CT molecular complexity index is 774. The Morgan fingerprint density at radius 3 is 2.17 bits per heavy atom. The summed E-state index contributed by atoms with van der Waals surface area (Å²) in [5.74, 6) is -2.63. The van der Waals surface area contributed by atoms with Crippen LogP contribution >= 0.6 is 0 Å². The van der Waals surface area contributed by atoms with Gasteiger partial charge >= 0.3 is 11.7 Å². The number of imide groups is 2. The molecule has 1 heterocycles. The SMILES string of the molecule is COc1c(O)ccc(C=C2C(=O)N(C)C(=O)N(C)C2=O)c1[N+](=O)[O-]. The molecule has 0 atom stereocenters. The van der Waals surface area contributed by atoms with Crippen LogP contribution in [0.2, 0.25) is 0 Å². The van der Waals surface area contributed by atoms with Crippen LogP contribution in [0.3, 0.4) is 0 Å². The standard InChI is InChI=1S/C14H13N3O7/c1-15-12(19)8(13(20)16(2)14(15)21)6-7-4-5-9(18)11(24-3)10(7)17(22)23/h4-6,18H,1-3H3. The number of phenolic OH excluding ortho intramolecular Hbond substituents is 1. The van der Waals surface area contributed by atoms with E-state index in [2.05, 4.69) is 0 Å². The van der Waals surface area contributed by atoms with Crippen LogP contribution in [0.4, 0.5) is 10.5 Å². The summed E-state index contributed by atoms with van der Waals surface area (Å²) >= 11 is 0. The van der Waals surface area contributed by atoms with Crippen molar-refractivity contribution in [3.63, 3.8) is 0 Å². The molecular weight excluding hydrogens is 322 g/mol. The van der Waals surface area contributed by atoms with Gasteiger partial charge in [0.25, 0.3) is 11.8 Å². The fourth-order valence-corrected chi connectivity index (χ4v) is 2.21. The lowest BCUT2D eigenvalue weighted by Gasteiger charge is -2.28. The van der Waals surface area contributed by atoms with Gasteiger partial charge in [0.15, 0.2) is 5.75 Å². The van der Waals surface area contributed by atoms with E-state index < -0.39 is 45.5 Å². The minimum atomic E-state index is -0.885. The number of nitro benzene ring substituents is 1. The van der Waals surface area contributed by atoms with Crippen LogP contribution < -0.4 is 4.74 Å². The molecule has 0 bridgehead atoms. The Morgan fingerprint density at radius 2 is 1.71 bits per heavy atom. The minimum Gasteiger partial charge on any atom is -0.504 e. The van der Waals surface area contributed by atoms with Crippen molar-refractivity contribution in [3.8, 4) is 11.5 Å². The molecule has 1 aromatic rings. The molecule has 1 aliphatic heterocycles. The predicted molar refractivity (Wildman–Crippen MR) is 80.2 cm³/mol. The van der Waals surface area contributed by atoms with Gasteiger partial charge in [-0.05, 0) is 18.2 Å². The number of rotatable bonds is 3. The molecule has 0 saturated carbocycles. The number of hydrogen-bond donors (Lipinski definition) is 1. The molecule has 2 rings (SSSR count). The maximum absolute atomic E-state index is 12.1. The highest BCUT2D eigenvalue weighted by molar-refractivity contribution is 6.30. The van der Waals surface area contributed by atoms with E-state index in [0.29, 0.717) is 0 Å². The van der Waals surface area contributed by atoms with E-state index in [4.69, 9.17) is 4.74 Å². The van der Waals surface area contributed by atoms with Crippen molar-refractivity contribution in [2.75, 3.05) is 21.2 Å². The zero-order valence-corrected chi connectivity index (χ0v) is 13.0. The van der Waals surface area contributed by atoms with Crippen LogP contribution in [-0.4, -0.2) is 58.9 Å². The molecule has 24 heavy (non-hydrogen) atoms. The summed E-state index contributed by atoms with van der Waals surface area (Å²) in [4.78, 5) is 47.9. The Hall–Kier alpha value is -3.43. The van der Waals surface area contributed by atoms with Crippen molar-refractivity contribution in [1.82, 2.24) is 9.80 Å². The number of phenols is 1. The number of aromatic hydroxyl groups is 1. The molecule has 1 aromatic carbocycles. The average Bonchev–Trinajstić information content (AvgIpc) is 2.55. The number of likely N-dealkylation sites (N-methyl/N-ethyl adjacent to an activating group) is 2. The molecule has 0 aromatic heterocycles. The van der Waals surface area contributed by atoms with E-state index in [1.807, 2.05) is 0 Å². The molecule has 0 unspecified atom stereocenters. The van der Waals surface area contributed by atoms with E-state index in [-0.39, 0.29) is 5.56 Å². The van der Waals surface area contributed by atoms with Crippen molar-refractivity contribution in [3.05, 3.63) is 33.4 Å². The van der Waals surface area contributed by atoms with Gasteiger partial charge in [-0.1, -0.05) is 0 Å². The van der Waals surface area contributed by atoms with Crippen molar-refractivity contribution in [1.29, 1.82) is 0 Å². The monoisotopic (exact) mass is 335 g/mol. The van der Waals surface area contributed by atoms with Crippen LogP contribution in [0.1, 0.15) is 5.56 Å². The minimum absolute atomic E-state index is 0.123. The highest BCUT2D eigenvalue weighted by Gasteiger charge is 2.38. The molecule has 10 nitrogen and oxygen atoms in total. The lowest BCUT2D eigenvalue weighted by molar-refractivity contribution is -0.386. The molecular formula is C14H13N3O7. The number of amides is 4. The third-order valence-corrected chi connectivity index (χ3v) is 3.47. The van der Waals surface area contributed by atoms with Gasteiger partial charge in [0.2, 0.25) is 5.75 Å². The number of ether oxygens (including phenoxy) is 1. The highest BCUT2D eigenvalue weighted by Crippen LogP contribution is 2.39. The molecule has 126 valence electrons. The summed E-state index contributed by atoms with van der Waals surface area (Å²) in [5, 5.41) is 20.9. The van der Waals surface area contributed by atoms with Crippen molar-refractivity contribution in [2.24, 2.45) is 0 Å². The van der Waals surface area contributed by atoms with Crippen LogP contribution in [0.5, 0.6) is 11.5 Å². The third kappa shape index (κ3) is 2.53. The second-order valence-electron chi connectivity index (χ2n) is 4.88. The second kappa shape index (κ2) is 5.99. The summed E-state index contributed by atoms with van der Waals surface area (Å²) in [6.07, 6.45) is 0.990. The Morgan fingerprint density at radius 1 is 1.17 bits per heavy atom. The van der Waals surface area contributed by atoms with Crippen LogP contribution in [0.25, 0.3) is 6.08 Å². The molecule has 1 N–H and O–H groups in total. The third-order valence-electron chi connectivity index (χ3n) is 3.47. The van der Waals surface area contributed by atoms with Gasteiger partial charge in [0.1, 0.15) is 5.57 Å². The molecule has 1 saturated heterocycles. The first-order valence-corrected chi connectivity index (χ1v) is 6.56. The quantitative estimate of drug-likeness (QED) is 0.373. The zero-order chi connectivity index (χ0) is 18.2. The smallest absolute Gasteiger partial charge is 0.333 e. The van der Waals surface area contributed by atoms with Crippen molar-refractivity contribution in [2.45, 2.75) is 0 Å². The van der Waals surface area contributed by atoms with Gasteiger partial charge in [-0.3, -0.25) is 29.5 Å². The fourth-order valence-electron chi connectivity index (χ4n) is 2.21. The number of nitro groups is 1. The lowest BCUT2D eigenvalue weighted by atomic mass is 10.0. The van der Waals surface area contributed by atoms with Gasteiger partial charge in [0, 0.05) is 14.1 Å². The Balaban J connectivity index is 2.67. The van der Waals surface area contributed by atoms with Gasteiger partial charge in [-0.2, -0.15) is 0 Å². The molecule has 0 radical (unpaired) electrons. The number of nitrogens with zero attached hydrogens (tertiary/aromatic N) is 3. The topological polar surface area (TPSA) is 130 Å². The Kier molecular flexibility index (Phi) is 4.22. The lowest BCUT2D eigenvalue weighted by Crippen LogP contribution is -2.52. The summed E-state index contributed by atoms with van der Waals surface area (Å²) < 4.78 is 4.81. The Labute approximate surface area is 135 Å². The number of carbonyl (C=O) groups is 3. The van der Waals surface area contributed by atoms with Gasteiger partial charge < -0.3 is 9.84 Å². The number of urea groups is 1. The second-order valence-corrected chi connectivity index (χ2v) is 4.88. The number of benzene rings is 1. The molecule has 0 aliphatic carbocycles. The van der Waals surface area contributed by atoms with E-state index in [1.165, 1.54) is 20.2 Å². The van der Waals surface area contributed by atoms with E-state index >= 15 is 0 Å². The van der Waals surface area contributed by atoms with Gasteiger partial charge in [0.05, 0.1) is 17.6 Å². The first kappa shape index (κ1) is 16.9. The first-order valence-electron chi connectivity index (χ1n) is 6.56. The van der Waals surface area contributed by atoms with E-state index in [0.717, 1.165) is 29.1 Å². The normalized spacial score (nSPS) is 15.0. The maximum atomic E-state index is 12.1. The maximum Gasteiger partial charge on any atom is 0.333 e. The first-order chi connectivity index (χ1) is 11.2. The zero-order valence-electron chi connectivity index (χ0n) is 13.0. The van der Waals surface area contributed by atoms with Crippen molar-refractivity contribution >= 4 is 29.6 Å². The van der Waals surface area contributed by atoms with Crippen LogP contribution in [-0.2, 0) is 9.59 Å². The molecule has 4 amide bonds. The molecule has 1 aliphatic rings. The highest BCUT2D eigenvalue weighted by atomic mass is 16.6. The predicted octanol–water partition coefficient (Wildman–Crippen LogP) is 0.743. The van der Waals surface area contributed by atoms with Crippen molar-refractivity contribution < 1.29 is 29.2 Å². The number of hydrogen-bond acceptors (Lipinski definition) is 7. The van der Waals surface area contributed by atoms with E-state index in [1.54, 1.807) is 0 Å². The largest absolute Gasteiger partial charge is 0.504 e. The number of carbonyl (C=O) groups excluding carboxylic acids is 3.